The molecule has 0 fully saturated rings. The highest BCUT2D eigenvalue weighted by Crippen LogP contribution is 2.40. The van der Waals surface area contributed by atoms with Gasteiger partial charge in [-0.1, -0.05) is 152 Å². The predicted molar refractivity (Wildman–Crippen MR) is 258 cm³/mol. The van der Waals surface area contributed by atoms with Crippen LogP contribution in [-0.4, -0.2) is 19.5 Å². The summed E-state index contributed by atoms with van der Waals surface area (Å²) >= 11 is 0. The molecule has 0 unspecified atom stereocenters. The Kier molecular flexibility index (Phi) is 8.71. The van der Waals surface area contributed by atoms with E-state index in [1.807, 2.05) is 30.3 Å². The number of benzene rings is 9. The molecule has 9 aromatic carbocycles. The smallest absolute Gasteiger partial charge is 0.238 e. The molecule has 0 saturated carbocycles. The zero-order chi connectivity index (χ0) is 41.7. The standard InChI is InChI=1S/C57H37N5O/c1-4-16-38(17-5-1)40-18-14-19-42(36-40)55-58-56(60-57(59-55)62-50-27-12-10-24-46(50)47-25-11-13-28-51(47)62)49-26-15-29-52-54(49)48-35-32-41(37-53(48)63-52)39-30-33-45(34-31-39)61(43-20-6-2-7-21-43)44-22-8-3-9-23-44/h1-37H. The number of furan rings is 1. The lowest BCUT2D eigenvalue weighted by molar-refractivity contribution is 0.669. The van der Waals surface area contributed by atoms with Crippen molar-refractivity contribution in [2.45, 2.75) is 0 Å². The van der Waals surface area contributed by atoms with Gasteiger partial charge in [0.2, 0.25) is 5.95 Å². The number of nitrogens with zero attached hydrogens (tertiary/aromatic N) is 5. The molecule has 0 amide bonds. The molecule has 0 aliphatic carbocycles. The van der Waals surface area contributed by atoms with Gasteiger partial charge in [0, 0.05) is 49.7 Å². The summed E-state index contributed by atoms with van der Waals surface area (Å²) in [5.41, 5.74) is 13.0. The summed E-state index contributed by atoms with van der Waals surface area (Å²) in [6, 6.07) is 77.9. The zero-order valence-electron chi connectivity index (χ0n) is 34.0. The first kappa shape index (κ1) is 36.3. The second kappa shape index (κ2) is 15.1. The average Bonchev–Trinajstić information content (AvgIpc) is 3.91. The first-order valence-corrected chi connectivity index (χ1v) is 21.1. The Balaban J connectivity index is 0.992. The Morgan fingerprint density at radius 2 is 0.873 bits per heavy atom. The lowest BCUT2D eigenvalue weighted by Crippen LogP contribution is -2.09. The fourth-order valence-corrected chi connectivity index (χ4v) is 8.92. The second-order valence-corrected chi connectivity index (χ2v) is 15.6. The molecule has 0 N–H and O–H groups in total. The van der Waals surface area contributed by atoms with Crippen molar-refractivity contribution < 1.29 is 4.42 Å². The quantitative estimate of drug-likeness (QED) is 0.153. The molecular formula is C57H37N5O. The van der Waals surface area contributed by atoms with Gasteiger partial charge in [-0.2, -0.15) is 9.97 Å². The van der Waals surface area contributed by atoms with Crippen LogP contribution in [0.4, 0.5) is 17.1 Å². The van der Waals surface area contributed by atoms with E-state index in [4.69, 9.17) is 19.4 Å². The SMILES string of the molecule is c1ccc(-c2cccc(-c3nc(-c4cccc5oc6cc(-c7ccc(N(c8ccccc8)c8ccccc8)cc7)ccc6c45)nc(-n4c5ccccc5c5ccccc54)n3)c2)cc1. The van der Waals surface area contributed by atoms with Crippen molar-refractivity contribution in [2.75, 3.05) is 4.90 Å². The normalized spacial score (nSPS) is 11.5. The highest BCUT2D eigenvalue weighted by Gasteiger charge is 2.21. The van der Waals surface area contributed by atoms with Crippen molar-refractivity contribution >= 4 is 60.8 Å². The van der Waals surface area contributed by atoms with E-state index in [2.05, 4.69) is 204 Å². The Hall–Kier alpha value is -8.61. The van der Waals surface area contributed by atoms with Crippen molar-refractivity contribution in [1.29, 1.82) is 0 Å². The van der Waals surface area contributed by atoms with Crippen LogP contribution in [0.2, 0.25) is 0 Å². The van der Waals surface area contributed by atoms with Gasteiger partial charge < -0.3 is 9.32 Å². The van der Waals surface area contributed by atoms with Crippen molar-refractivity contribution in [1.82, 2.24) is 19.5 Å². The third-order valence-corrected chi connectivity index (χ3v) is 11.9. The maximum absolute atomic E-state index is 6.67. The van der Waals surface area contributed by atoms with E-state index in [1.54, 1.807) is 0 Å². The maximum Gasteiger partial charge on any atom is 0.238 e. The molecule has 6 heteroatoms. The minimum atomic E-state index is 0.547. The molecule has 0 spiro atoms. The predicted octanol–water partition coefficient (Wildman–Crippen LogP) is 15.0. The highest BCUT2D eigenvalue weighted by atomic mass is 16.3. The molecular weight excluding hydrogens is 771 g/mol. The van der Waals surface area contributed by atoms with Crippen LogP contribution in [0, 0.1) is 0 Å². The molecule has 0 atom stereocenters. The summed E-state index contributed by atoms with van der Waals surface area (Å²) in [6.45, 7) is 0. The van der Waals surface area contributed by atoms with Gasteiger partial charge in [0.05, 0.1) is 11.0 Å². The first-order valence-electron chi connectivity index (χ1n) is 21.1. The Bertz CT molecular complexity index is 3520. The number of hydrogen-bond donors (Lipinski definition) is 0. The largest absolute Gasteiger partial charge is 0.456 e. The van der Waals surface area contributed by atoms with Gasteiger partial charge in [-0.25, -0.2) is 4.98 Å². The van der Waals surface area contributed by atoms with Gasteiger partial charge in [-0.15, -0.1) is 0 Å². The molecule has 0 bridgehead atoms. The summed E-state index contributed by atoms with van der Waals surface area (Å²) in [6.07, 6.45) is 0. The van der Waals surface area contributed by atoms with E-state index in [-0.39, 0.29) is 0 Å². The highest BCUT2D eigenvalue weighted by molar-refractivity contribution is 6.13. The van der Waals surface area contributed by atoms with Crippen LogP contribution in [0.5, 0.6) is 0 Å². The van der Waals surface area contributed by atoms with E-state index in [1.165, 1.54) is 0 Å². The van der Waals surface area contributed by atoms with Crippen LogP contribution < -0.4 is 4.90 Å². The molecule has 3 heterocycles. The Labute approximate surface area is 363 Å². The van der Waals surface area contributed by atoms with E-state index in [0.29, 0.717) is 17.6 Å². The van der Waals surface area contributed by atoms with E-state index in [9.17, 15) is 0 Å². The van der Waals surface area contributed by atoms with Gasteiger partial charge >= 0.3 is 0 Å². The molecule has 12 aromatic rings. The van der Waals surface area contributed by atoms with Gasteiger partial charge in [-0.05, 0) is 95.1 Å². The minimum Gasteiger partial charge on any atom is -0.456 e. The molecule has 6 nitrogen and oxygen atoms in total. The minimum absolute atomic E-state index is 0.547. The second-order valence-electron chi connectivity index (χ2n) is 15.6. The number of hydrogen-bond acceptors (Lipinski definition) is 5. The van der Waals surface area contributed by atoms with Crippen molar-refractivity contribution in [3.8, 4) is 51.0 Å². The Morgan fingerprint density at radius 3 is 1.57 bits per heavy atom. The van der Waals surface area contributed by atoms with E-state index < -0.39 is 0 Å². The topological polar surface area (TPSA) is 60.0 Å². The molecule has 296 valence electrons. The molecule has 63 heavy (non-hydrogen) atoms. The number of anilines is 3. The lowest BCUT2D eigenvalue weighted by atomic mass is 10.0. The molecule has 0 aliphatic rings. The number of aromatic nitrogens is 4. The number of fused-ring (bicyclic) bond motifs is 6. The maximum atomic E-state index is 6.67. The summed E-state index contributed by atoms with van der Waals surface area (Å²) in [5.74, 6) is 1.70. The van der Waals surface area contributed by atoms with Gasteiger partial charge in [0.1, 0.15) is 11.2 Å². The van der Waals surface area contributed by atoms with Crippen LogP contribution in [0.1, 0.15) is 0 Å². The van der Waals surface area contributed by atoms with Gasteiger partial charge in [0.25, 0.3) is 0 Å². The molecule has 0 radical (unpaired) electrons. The van der Waals surface area contributed by atoms with Gasteiger partial charge in [-0.3, -0.25) is 4.57 Å². The number of rotatable bonds is 8. The molecule has 3 aromatic heterocycles. The van der Waals surface area contributed by atoms with Crippen molar-refractivity contribution in [2.24, 2.45) is 0 Å². The first-order chi connectivity index (χ1) is 31.2. The molecule has 0 saturated heterocycles. The van der Waals surface area contributed by atoms with E-state index >= 15 is 0 Å². The third kappa shape index (κ3) is 6.40. The van der Waals surface area contributed by atoms with Crippen LogP contribution >= 0.6 is 0 Å². The molecule has 0 aliphatic heterocycles. The average molecular weight is 808 g/mol. The summed E-state index contributed by atoms with van der Waals surface area (Å²) < 4.78 is 8.82. The van der Waals surface area contributed by atoms with Crippen molar-refractivity contribution in [3.63, 3.8) is 0 Å². The van der Waals surface area contributed by atoms with Crippen LogP contribution in [0.15, 0.2) is 229 Å². The summed E-state index contributed by atoms with van der Waals surface area (Å²) in [7, 11) is 0. The van der Waals surface area contributed by atoms with Crippen LogP contribution in [0.25, 0.3) is 94.7 Å². The summed E-state index contributed by atoms with van der Waals surface area (Å²) in [4.78, 5) is 18.1. The van der Waals surface area contributed by atoms with Crippen LogP contribution in [0.3, 0.4) is 0 Å². The van der Waals surface area contributed by atoms with E-state index in [0.717, 1.165) is 94.2 Å². The zero-order valence-corrected chi connectivity index (χ0v) is 34.0. The third-order valence-electron chi connectivity index (χ3n) is 11.9. The van der Waals surface area contributed by atoms with Crippen molar-refractivity contribution in [3.05, 3.63) is 224 Å². The summed E-state index contributed by atoms with van der Waals surface area (Å²) in [5, 5.41) is 4.23. The lowest BCUT2D eigenvalue weighted by Gasteiger charge is -2.25. The van der Waals surface area contributed by atoms with Gasteiger partial charge in [0.15, 0.2) is 11.6 Å². The monoisotopic (exact) mass is 807 g/mol. The molecule has 12 rings (SSSR count). The van der Waals surface area contributed by atoms with Crippen LogP contribution in [-0.2, 0) is 0 Å². The fourth-order valence-electron chi connectivity index (χ4n) is 8.92. The fraction of sp³-hybridized carbons (Fsp3) is 0. The Morgan fingerprint density at radius 1 is 0.349 bits per heavy atom. The number of para-hydroxylation sites is 4.